The molecule has 0 aliphatic carbocycles. The Labute approximate surface area is 87.7 Å². The zero-order valence-electron chi connectivity index (χ0n) is 8.05. The van der Waals surface area contributed by atoms with Crippen molar-refractivity contribution in [1.82, 2.24) is 0 Å². The highest BCUT2D eigenvalue weighted by Crippen LogP contribution is 2.28. The molecule has 0 amide bonds. The van der Waals surface area contributed by atoms with Gasteiger partial charge in [0.05, 0.1) is 5.69 Å². The Morgan fingerprint density at radius 1 is 0.933 bits per heavy atom. The molecule has 3 heteroatoms. The van der Waals surface area contributed by atoms with Gasteiger partial charge >= 0.3 is 0 Å². The van der Waals surface area contributed by atoms with Crippen molar-refractivity contribution in [2.45, 2.75) is 0 Å². The summed E-state index contributed by atoms with van der Waals surface area (Å²) in [6.45, 7) is 0. The van der Waals surface area contributed by atoms with Crippen LogP contribution in [0.4, 0.5) is 5.69 Å². The third-order valence-corrected chi connectivity index (χ3v) is 1.98. The third kappa shape index (κ3) is 2.20. The lowest BCUT2D eigenvalue weighted by molar-refractivity contribution is 0.457. The molecule has 3 nitrogen and oxygen atoms in total. The minimum absolute atomic E-state index is 0.0310. The van der Waals surface area contributed by atoms with Gasteiger partial charge in [-0.1, -0.05) is 18.2 Å². The van der Waals surface area contributed by atoms with Crippen molar-refractivity contribution in [3.05, 3.63) is 48.5 Å². The van der Waals surface area contributed by atoms with E-state index in [2.05, 4.69) is 0 Å². The summed E-state index contributed by atoms with van der Waals surface area (Å²) in [5.41, 5.74) is 5.82. The molecule has 0 aliphatic heterocycles. The molecule has 0 spiro atoms. The molecule has 0 heterocycles. The Kier molecular flexibility index (Phi) is 2.46. The lowest BCUT2D eigenvalue weighted by Gasteiger charge is -2.06. The van der Waals surface area contributed by atoms with Crippen LogP contribution in [0.5, 0.6) is 17.2 Å². The van der Waals surface area contributed by atoms with Crippen LogP contribution in [0.3, 0.4) is 0 Å². The standard InChI is InChI=1S/C12H11NO2/c13-11-7-6-10(8-12(11)14)15-9-4-2-1-3-5-9/h1-8,14H,13H2. The van der Waals surface area contributed by atoms with E-state index in [-0.39, 0.29) is 5.75 Å². The van der Waals surface area contributed by atoms with Gasteiger partial charge in [-0.15, -0.1) is 0 Å². The second kappa shape index (κ2) is 3.92. The predicted octanol–water partition coefficient (Wildman–Crippen LogP) is 2.77. The summed E-state index contributed by atoms with van der Waals surface area (Å²) < 4.78 is 5.50. The number of aromatic hydroxyl groups is 1. The molecule has 0 atom stereocenters. The first-order chi connectivity index (χ1) is 7.25. The summed E-state index contributed by atoms with van der Waals surface area (Å²) >= 11 is 0. The summed E-state index contributed by atoms with van der Waals surface area (Å²) in [4.78, 5) is 0. The molecule has 0 saturated carbocycles. The Balaban J connectivity index is 2.22. The first kappa shape index (κ1) is 9.40. The summed E-state index contributed by atoms with van der Waals surface area (Å²) in [7, 11) is 0. The minimum Gasteiger partial charge on any atom is -0.506 e. The molecule has 2 rings (SSSR count). The Morgan fingerprint density at radius 3 is 2.33 bits per heavy atom. The van der Waals surface area contributed by atoms with E-state index in [9.17, 15) is 5.11 Å². The normalized spacial score (nSPS) is 9.87. The van der Waals surface area contributed by atoms with Gasteiger partial charge in [0.15, 0.2) is 0 Å². The number of rotatable bonds is 2. The van der Waals surface area contributed by atoms with Gasteiger partial charge in [-0.25, -0.2) is 0 Å². The fourth-order valence-electron chi connectivity index (χ4n) is 1.21. The zero-order valence-corrected chi connectivity index (χ0v) is 8.05. The lowest BCUT2D eigenvalue weighted by atomic mass is 10.3. The van der Waals surface area contributed by atoms with Crippen LogP contribution in [0, 0.1) is 0 Å². The number of phenolic OH excluding ortho intramolecular Hbond substituents is 1. The number of nitrogen functional groups attached to an aromatic ring is 1. The maximum absolute atomic E-state index is 9.37. The van der Waals surface area contributed by atoms with Crippen molar-refractivity contribution >= 4 is 5.69 Å². The highest BCUT2D eigenvalue weighted by atomic mass is 16.5. The molecule has 15 heavy (non-hydrogen) atoms. The van der Waals surface area contributed by atoms with Crippen molar-refractivity contribution in [2.75, 3.05) is 5.73 Å². The van der Waals surface area contributed by atoms with Gasteiger partial charge in [-0.3, -0.25) is 0 Å². The number of nitrogens with two attached hydrogens (primary N) is 1. The summed E-state index contributed by atoms with van der Waals surface area (Å²) in [6.07, 6.45) is 0. The van der Waals surface area contributed by atoms with Crippen molar-refractivity contribution in [3.8, 4) is 17.2 Å². The van der Waals surface area contributed by atoms with E-state index in [4.69, 9.17) is 10.5 Å². The maximum atomic E-state index is 9.37. The van der Waals surface area contributed by atoms with E-state index >= 15 is 0 Å². The fourth-order valence-corrected chi connectivity index (χ4v) is 1.21. The molecule has 0 bridgehead atoms. The average Bonchev–Trinajstić information content (AvgIpc) is 2.25. The number of hydrogen-bond acceptors (Lipinski definition) is 3. The van der Waals surface area contributed by atoms with Crippen molar-refractivity contribution in [2.24, 2.45) is 0 Å². The molecule has 2 aromatic carbocycles. The van der Waals surface area contributed by atoms with Gasteiger partial charge in [-0.05, 0) is 24.3 Å². The first-order valence-corrected chi connectivity index (χ1v) is 4.57. The Morgan fingerprint density at radius 2 is 1.67 bits per heavy atom. The molecule has 3 N–H and O–H groups in total. The van der Waals surface area contributed by atoms with Gasteiger partial charge in [-0.2, -0.15) is 0 Å². The monoisotopic (exact) mass is 201 g/mol. The molecule has 0 fully saturated rings. The van der Waals surface area contributed by atoms with Crippen LogP contribution >= 0.6 is 0 Å². The van der Waals surface area contributed by atoms with Crippen LogP contribution in [-0.4, -0.2) is 5.11 Å². The van der Waals surface area contributed by atoms with E-state index in [1.54, 1.807) is 12.1 Å². The SMILES string of the molecule is Nc1ccc(Oc2ccccc2)cc1O. The number of hydrogen-bond donors (Lipinski definition) is 2. The smallest absolute Gasteiger partial charge is 0.142 e. The van der Waals surface area contributed by atoms with E-state index in [0.29, 0.717) is 11.4 Å². The summed E-state index contributed by atoms with van der Waals surface area (Å²) in [5, 5.41) is 9.37. The second-order valence-corrected chi connectivity index (χ2v) is 3.14. The first-order valence-electron chi connectivity index (χ1n) is 4.57. The number of para-hydroxylation sites is 1. The molecule has 0 aliphatic rings. The Bertz CT molecular complexity index is 454. The van der Waals surface area contributed by atoms with Crippen LogP contribution in [0.2, 0.25) is 0 Å². The van der Waals surface area contributed by atoms with Crippen molar-refractivity contribution in [3.63, 3.8) is 0 Å². The van der Waals surface area contributed by atoms with Gasteiger partial charge in [0.25, 0.3) is 0 Å². The van der Waals surface area contributed by atoms with Crippen LogP contribution in [-0.2, 0) is 0 Å². The molecule has 2 aromatic rings. The summed E-state index contributed by atoms with van der Waals surface area (Å²) in [6, 6.07) is 14.2. The molecule has 0 aromatic heterocycles. The quantitative estimate of drug-likeness (QED) is 0.580. The third-order valence-electron chi connectivity index (χ3n) is 1.98. The average molecular weight is 201 g/mol. The van der Waals surface area contributed by atoms with Gasteiger partial charge in [0, 0.05) is 6.07 Å². The highest BCUT2D eigenvalue weighted by Gasteiger charge is 2.00. The second-order valence-electron chi connectivity index (χ2n) is 3.14. The van der Waals surface area contributed by atoms with E-state index in [1.807, 2.05) is 30.3 Å². The number of anilines is 1. The van der Waals surface area contributed by atoms with Crippen molar-refractivity contribution < 1.29 is 9.84 Å². The Hall–Kier alpha value is -2.16. The molecular formula is C12H11NO2. The van der Waals surface area contributed by atoms with Crippen molar-refractivity contribution in [1.29, 1.82) is 0 Å². The van der Waals surface area contributed by atoms with Crippen LogP contribution in [0.1, 0.15) is 0 Å². The highest BCUT2D eigenvalue weighted by molar-refractivity contribution is 5.55. The largest absolute Gasteiger partial charge is 0.506 e. The fraction of sp³-hybridized carbons (Fsp3) is 0. The van der Waals surface area contributed by atoms with Gasteiger partial charge in [0.1, 0.15) is 17.2 Å². The van der Waals surface area contributed by atoms with E-state index in [1.165, 1.54) is 6.07 Å². The molecule has 76 valence electrons. The van der Waals surface area contributed by atoms with Crippen LogP contribution < -0.4 is 10.5 Å². The van der Waals surface area contributed by atoms with Gasteiger partial charge < -0.3 is 15.6 Å². The van der Waals surface area contributed by atoms with Crippen LogP contribution in [0.25, 0.3) is 0 Å². The van der Waals surface area contributed by atoms with Crippen LogP contribution in [0.15, 0.2) is 48.5 Å². The lowest BCUT2D eigenvalue weighted by Crippen LogP contribution is -1.87. The zero-order chi connectivity index (χ0) is 10.7. The maximum Gasteiger partial charge on any atom is 0.142 e. The minimum atomic E-state index is 0.0310. The molecule has 0 unspecified atom stereocenters. The van der Waals surface area contributed by atoms with Gasteiger partial charge in [0.2, 0.25) is 0 Å². The number of benzene rings is 2. The number of ether oxygens (including phenoxy) is 1. The predicted molar refractivity (Wildman–Crippen MR) is 59.0 cm³/mol. The topological polar surface area (TPSA) is 55.5 Å². The molecule has 0 saturated heterocycles. The number of phenols is 1. The van der Waals surface area contributed by atoms with E-state index in [0.717, 1.165) is 5.75 Å². The molecule has 0 radical (unpaired) electrons. The van der Waals surface area contributed by atoms with E-state index < -0.39 is 0 Å². The summed E-state index contributed by atoms with van der Waals surface area (Å²) in [5.74, 6) is 1.32. The molecular weight excluding hydrogens is 190 g/mol.